The maximum Gasteiger partial charge on any atom is 0.431 e. The summed E-state index contributed by atoms with van der Waals surface area (Å²) in [5, 5.41) is 9.10. The first-order chi connectivity index (χ1) is 17.3. The summed E-state index contributed by atoms with van der Waals surface area (Å²) in [5.74, 6) is -0.436. The third-order valence-corrected chi connectivity index (χ3v) is 7.07. The van der Waals surface area contributed by atoms with Crippen LogP contribution in [-0.4, -0.2) is 51.5 Å². The van der Waals surface area contributed by atoms with E-state index in [1.807, 2.05) is 0 Å². The van der Waals surface area contributed by atoms with Gasteiger partial charge in [0.1, 0.15) is 23.2 Å². The van der Waals surface area contributed by atoms with Gasteiger partial charge in [-0.2, -0.15) is 17.5 Å². The van der Waals surface area contributed by atoms with Crippen molar-refractivity contribution >= 4 is 15.9 Å². The fraction of sp³-hybridized carbons (Fsp3) is 0.238. The number of likely N-dealkylation sites (N-methyl/N-ethyl adjacent to an activating group) is 1. The highest BCUT2D eigenvalue weighted by molar-refractivity contribution is 7.89. The van der Waals surface area contributed by atoms with Crippen LogP contribution in [0.5, 0.6) is 11.5 Å². The predicted octanol–water partition coefficient (Wildman–Crippen LogP) is 1.33. The Morgan fingerprint density at radius 2 is 1.76 bits per heavy atom. The number of aromatic amines is 1. The molecule has 198 valence electrons. The van der Waals surface area contributed by atoms with Crippen LogP contribution in [0.15, 0.2) is 69.3 Å². The minimum Gasteiger partial charge on any atom is -0.457 e. The Bertz CT molecular complexity index is 1440. The number of carbonyl (C=O) groups excluding carboxylic acids is 1. The van der Waals surface area contributed by atoms with E-state index >= 15 is 0 Å². The molecule has 1 amide bonds. The molecule has 0 aliphatic heterocycles. The predicted molar refractivity (Wildman–Crippen MR) is 120 cm³/mol. The molecule has 2 aromatic heterocycles. The molecule has 1 unspecified atom stereocenters. The Balaban J connectivity index is 1.82. The van der Waals surface area contributed by atoms with E-state index in [2.05, 4.69) is 4.98 Å². The van der Waals surface area contributed by atoms with Crippen molar-refractivity contribution in [2.75, 3.05) is 7.05 Å². The number of H-pyrrole nitrogens is 1. The van der Waals surface area contributed by atoms with Gasteiger partial charge in [-0.3, -0.25) is 24.3 Å². The molecule has 37 heavy (non-hydrogen) atoms. The van der Waals surface area contributed by atoms with Crippen LogP contribution >= 0.6 is 0 Å². The van der Waals surface area contributed by atoms with Gasteiger partial charge in [-0.05, 0) is 42.8 Å². The minimum atomic E-state index is -4.97. The monoisotopic (exact) mass is 543 g/mol. The number of hydroxylamine groups is 1. The molecule has 16 heteroatoms. The van der Waals surface area contributed by atoms with Crippen molar-refractivity contribution in [2.24, 2.45) is 0 Å². The zero-order valence-corrected chi connectivity index (χ0v) is 19.8. The Morgan fingerprint density at radius 1 is 1.16 bits per heavy atom. The van der Waals surface area contributed by atoms with Crippen molar-refractivity contribution < 1.29 is 36.3 Å². The van der Waals surface area contributed by atoms with E-state index in [1.165, 1.54) is 47.1 Å². The quantitative estimate of drug-likeness (QED) is 0.269. The number of benzene rings is 1. The molecular weight excluding hydrogens is 523 g/mol. The average Bonchev–Trinajstić information content (AvgIpc) is 2.85. The second kappa shape index (κ2) is 10.9. The fourth-order valence-corrected chi connectivity index (χ4v) is 4.59. The van der Waals surface area contributed by atoms with Crippen molar-refractivity contribution in [3.63, 3.8) is 0 Å². The highest BCUT2D eigenvalue weighted by atomic mass is 32.2. The topological polar surface area (TPSA) is 164 Å². The molecule has 1 atom stereocenters. The first kappa shape index (κ1) is 27.6. The third kappa shape index (κ3) is 6.41. The fourth-order valence-electron chi connectivity index (χ4n) is 3.24. The number of alkyl halides is 3. The first-order valence-electron chi connectivity index (χ1n) is 10.4. The van der Waals surface area contributed by atoms with Gasteiger partial charge in [-0.25, -0.2) is 18.7 Å². The number of nitrogens with zero attached hydrogens (tertiary/aromatic N) is 3. The Hall–Kier alpha value is -4.02. The van der Waals surface area contributed by atoms with Gasteiger partial charge >= 0.3 is 11.9 Å². The summed E-state index contributed by atoms with van der Waals surface area (Å²) in [7, 11) is -3.34. The van der Waals surface area contributed by atoms with E-state index in [0.717, 1.165) is 7.05 Å². The number of hydrogen-bond acceptors (Lipinski definition) is 8. The summed E-state index contributed by atoms with van der Waals surface area (Å²) in [6, 6.07) is 6.85. The summed E-state index contributed by atoms with van der Waals surface area (Å²) in [6.45, 7) is -0.636. The smallest absolute Gasteiger partial charge is 0.431 e. The van der Waals surface area contributed by atoms with Gasteiger partial charge in [-0.15, -0.1) is 0 Å². The molecule has 0 aliphatic rings. The average molecular weight is 543 g/mol. The highest BCUT2D eigenvalue weighted by Gasteiger charge is 2.35. The molecule has 2 heterocycles. The molecule has 3 N–H and O–H groups in total. The SMILES string of the molecule is CN(C(CCn1c(=O)cc(C(F)(F)F)[nH]c1=O)C(=O)NO)S(=O)(=O)c1ccc(Oc2ccncc2)cc1. The Labute approximate surface area is 207 Å². The van der Waals surface area contributed by atoms with Gasteiger partial charge in [0.05, 0.1) is 4.90 Å². The largest absolute Gasteiger partial charge is 0.457 e. The van der Waals surface area contributed by atoms with E-state index in [9.17, 15) is 36.0 Å². The van der Waals surface area contributed by atoms with Crippen molar-refractivity contribution in [2.45, 2.75) is 30.1 Å². The summed E-state index contributed by atoms with van der Waals surface area (Å²) in [6.07, 6.45) is -2.51. The molecule has 0 fully saturated rings. The van der Waals surface area contributed by atoms with E-state index < -0.39 is 58.1 Å². The normalized spacial score (nSPS) is 12.8. The van der Waals surface area contributed by atoms with Crippen LogP contribution in [0.4, 0.5) is 13.2 Å². The molecular formula is C21H20F3N5O7S. The standard InChI is InChI=1S/C21H20F3N5O7S/c1-28(37(34,35)15-4-2-13(3-5-15)36-14-6-9-25-10-7-14)16(19(31)27-33)8-11-29-18(30)12-17(21(22,23)24)26-20(29)32/h2-7,9-10,12,16,33H,8,11H2,1H3,(H,26,32)(H,27,31). The van der Waals surface area contributed by atoms with Crippen LogP contribution in [0, 0.1) is 0 Å². The van der Waals surface area contributed by atoms with Gasteiger partial charge in [0.15, 0.2) is 0 Å². The summed E-state index contributed by atoms with van der Waals surface area (Å²) >= 11 is 0. The molecule has 0 aliphatic carbocycles. The molecule has 3 aromatic rings. The maximum atomic E-state index is 13.1. The molecule has 0 bridgehead atoms. The first-order valence-corrected chi connectivity index (χ1v) is 11.8. The molecule has 0 saturated heterocycles. The molecule has 1 aromatic carbocycles. The van der Waals surface area contributed by atoms with Gasteiger partial charge in [-0.1, -0.05) is 0 Å². The molecule has 3 rings (SSSR count). The van der Waals surface area contributed by atoms with E-state index in [-0.39, 0.29) is 11.0 Å². The number of rotatable bonds is 9. The van der Waals surface area contributed by atoms with Crippen molar-refractivity contribution in [3.8, 4) is 11.5 Å². The van der Waals surface area contributed by atoms with Gasteiger partial charge in [0.25, 0.3) is 11.5 Å². The second-order valence-electron chi connectivity index (χ2n) is 7.53. The third-order valence-electron chi connectivity index (χ3n) is 5.19. The van der Waals surface area contributed by atoms with E-state index in [1.54, 1.807) is 12.1 Å². The number of amides is 1. The number of hydrogen-bond donors (Lipinski definition) is 3. The number of pyridine rings is 1. The number of sulfonamides is 1. The minimum absolute atomic E-state index is 0.165. The van der Waals surface area contributed by atoms with Gasteiger partial charge in [0, 0.05) is 32.1 Å². The van der Waals surface area contributed by atoms with Crippen molar-refractivity contribution in [3.05, 3.63) is 81.4 Å². The van der Waals surface area contributed by atoms with E-state index in [0.29, 0.717) is 20.4 Å². The van der Waals surface area contributed by atoms with Crippen LogP contribution in [-0.2, 0) is 27.5 Å². The lowest BCUT2D eigenvalue weighted by Gasteiger charge is -2.26. The van der Waals surface area contributed by atoms with Crippen LogP contribution < -0.4 is 21.5 Å². The summed E-state index contributed by atoms with van der Waals surface area (Å²) in [4.78, 5) is 41.4. The zero-order chi connectivity index (χ0) is 27.4. The maximum absolute atomic E-state index is 13.1. The van der Waals surface area contributed by atoms with Crippen molar-refractivity contribution in [1.82, 2.24) is 24.3 Å². The van der Waals surface area contributed by atoms with Crippen LogP contribution in [0.3, 0.4) is 0 Å². The number of halogens is 3. The number of carbonyl (C=O) groups is 1. The number of ether oxygens (including phenoxy) is 1. The lowest BCUT2D eigenvalue weighted by atomic mass is 10.2. The summed E-state index contributed by atoms with van der Waals surface area (Å²) < 4.78 is 71.2. The molecule has 12 nitrogen and oxygen atoms in total. The highest BCUT2D eigenvalue weighted by Crippen LogP contribution is 2.26. The Morgan fingerprint density at radius 3 is 2.30 bits per heavy atom. The van der Waals surface area contributed by atoms with Gasteiger partial charge < -0.3 is 9.72 Å². The summed E-state index contributed by atoms with van der Waals surface area (Å²) in [5.41, 5.74) is -2.96. The number of nitrogens with one attached hydrogen (secondary N) is 2. The molecule has 0 saturated carbocycles. The lowest BCUT2D eigenvalue weighted by Crippen LogP contribution is -2.48. The zero-order valence-electron chi connectivity index (χ0n) is 19.0. The van der Waals surface area contributed by atoms with Crippen LogP contribution in [0.2, 0.25) is 0 Å². The van der Waals surface area contributed by atoms with Crippen LogP contribution in [0.25, 0.3) is 0 Å². The molecule has 0 radical (unpaired) electrons. The lowest BCUT2D eigenvalue weighted by molar-refractivity contribution is -0.141. The van der Waals surface area contributed by atoms with Gasteiger partial charge in [0.2, 0.25) is 10.0 Å². The van der Waals surface area contributed by atoms with E-state index in [4.69, 9.17) is 9.94 Å². The van der Waals surface area contributed by atoms with Crippen molar-refractivity contribution in [1.29, 1.82) is 0 Å². The Kier molecular flexibility index (Phi) is 8.15. The number of aromatic nitrogens is 3. The second-order valence-corrected chi connectivity index (χ2v) is 9.53. The molecule has 0 spiro atoms. The van der Waals surface area contributed by atoms with Crippen LogP contribution in [0.1, 0.15) is 12.1 Å².